The van der Waals surface area contributed by atoms with Crippen molar-refractivity contribution in [3.8, 4) is 23.0 Å². The molecule has 2 aromatic rings. The van der Waals surface area contributed by atoms with Crippen molar-refractivity contribution in [2.75, 3.05) is 58.3 Å². The monoisotopic (exact) mass is 794 g/mol. The van der Waals surface area contributed by atoms with E-state index in [0.29, 0.717) is 91.4 Å². The quantitative estimate of drug-likeness (QED) is 0.106. The molecule has 3 amide bonds. The normalized spacial score (nSPS) is 20.7. The van der Waals surface area contributed by atoms with E-state index >= 15 is 0 Å². The number of aliphatic hydroxyl groups is 1. The fourth-order valence-corrected chi connectivity index (χ4v) is 9.21. The lowest BCUT2D eigenvalue weighted by atomic mass is 10.1. The summed E-state index contributed by atoms with van der Waals surface area (Å²) in [6, 6.07) is 5.81. The Bertz CT molecular complexity index is 1840. The largest absolute Gasteiger partial charge is 0.493 e. The number of hydrogen-bond donors (Lipinski definition) is 1. The van der Waals surface area contributed by atoms with Gasteiger partial charge in [0.2, 0.25) is 0 Å². The van der Waals surface area contributed by atoms with Gasteiger partial charge in [-0.25, -0.2) is 9.69 Å². The van der Waals surface area contributed by atoms with Gasteiger partial charge in [0.15, 0.2) is 29.2 Å². The number of unbranched alkanes of at least 4 members (excludes halogenated alkanes) is 2. The number of benzene rings is 2. The average Bonchev–Trinajstić information content (AvgIpc) is 3.71. The molecule has 2 saturated heterocycles. The molecule has 4 atom stereocenters. The Morgan fingerprint density at radius 1 is 0.873 bits per heavy atom. The van der Waals surface area contributed by atoms with Crippen LogP contribution in [0.2, 0.25) is 0 Å². The van der Waals surface area contributed by atoms with Crippen molar-refractivity contribution in [2.24, 2.45) is 4.99 Å². The maximum Gasteiger partial charge on any atom is 0.416 e. The van der Waals surface area contributed by atoms with Crippen molar-refractivity contribution in [1.29, 1.82) is 0 Å². The molecule has 4 aliphatic heterocycles. The molecule has 296 valence electrons. The highest BCUT2D eigenvalue weighted by molar-refractivity contribution is 8.76. The van der Waals surface area contributed by atoms with Gasteiger partial charge in [-0.05, 0) is 63.3 Å². The van der Waals surface area contributed by atoms with Gasteiger partial charge >= 0.3 is 6.09 Å². The first-order chi connectivity index (χ1) is 26.5. The second-order valence-electron chi connectivity index (χ2n) is 14.1. The van der Waals surface area contributed by atoms with Crippen LogP contribution in [0.5, 0.6) is 23.0 Å². The van der Waals surface area contributed by atoms with Gasteiger partial charge in [-0.1, -0.05) is 52.8 Å². The highest BCUT2D eigenvalue weighted by Gasteiger charge is 2.46. The third-order valence-electron chi connectivity index (χ3n) is 10.1. The van der Waals surface area contributed by atoms with Crippen molar-refractivity contribution in [1.82, 2.24) is 9.80 Å². The molecule has 15 heteroatoms. The van der Waals surface area contributed by atoms with Crippen LogP contribution in [0.15, 0.2) is 53.6 Å². The molecule has 0 aromatic heterocycles. The van der Waals surface area contributed by atoms with Crippen molar-refractivity contribution in [3.05, 3.63) is 59.7 Å². The minimum absolute atomic E-state index is 0.100. The number of aliphatic hydroxyl groups excluding tert-OH is 1. The number of ether oxygens (including phenoxy) is 5. The van der Waals surface area contributed by atoms with E-state index in [1.54, 1.807) is 69.0 Å². The minimum Gasteiger partial charge on any atom is -0.493 e. The van der Waals surface area contributed by atoms with Crippen molar-refractivity contribution >= 4 is 57.1 Å². The van der Waals surface area contributed by atoms with Gasteiger partial charge in [-0.15, -0.1) is 0 Å². The molecule has 13 nitrogen and oxygen atoms in total. The van der Waals surface area contributed by atoms with Crippen molar-refractivity contribution < 1.29 is 43.2 Å². The first-order valence-corrected chi connectivity index (χ1v) is 21.2. The summed E-state index contributed by atoms with van der Waals surface area (Å²) in [5, 5.41) is 12.0. The molecular formula is C40H50N4O9S2. The molecule has 0 unspecified atom stereocenters. The fraction of sp³-hybridized carbons (Fsp3) is 0.500. The van der Waals surface area contributed by atoms with Crippen LogP contribution < -0.4 is 23.8 Å². The number of anilines is 1. The number of nitrogens with zero attached hydrogens (tertiary/aromatic N) is 4. The minimum atomic E-state index is -1.35. The summed E-state index contributed by atoms with van der Waals surface area (Å²) in [5.74, 6) is 1.20. The summed E-state index contributed by atoms with van der Waals surface area (Å²) < 4.78 is 29.2. The predicted octanol–water partition coefficient (Wildman–Crippen LogP) is 7.04. The topological polar surface area (TPSA) is 140 Å². The fourth-order valence-electron chi connectivity index (χ4n) is 7.35. The Labute approximate surface area is 330 Å². The lowest BCUT2D eigenvalue weighted by molar-refractivity contribution is 0.0489. The standard InChI is InChI=1S/C40H50N4O9S2/c1-24-15-27-21-41-30-19-35(33(49-4)17-28(30)37(45)42(27)22-24)51-12-8-7-9-13-52-36-20-31-29(18-34(36)50-5)38(46)43-23-25(2)16-32(43)39(47)44(31)40(48)53-14-10-11-26(3)55-54-6/h17-21,26-27,32,39,47H,1-2,7-16,22-23H2,3-6H3/t26-,27+,32+,39+/m1/s1. The van der Waals surface area contributed by atoms with E-state index in [4.69, 9.17) is 23.7 Å². The molecule has 2 fully saturated rings. The van der Waals surface area contributed by atoms with Crippen LogP contribution in [-0.2, 0) is 4.74 Å². The molecule has 4 heterocycles. The average molecular weight is 795 g/mol. The van der Waals surface area contributed by atoms with Crippen LogP contribution in [0.3, 0.4) is 0 Å². The number of carbonyl (C=O) groups is 3. The first-order valence-electron chi connectivity index (χ1n) is 18.6. The predicted molar refractivity (Wildman–Crippen MR) is 216 cm³/mol. The van der Waals surface area contributed by atoms with Gasteiger partial charge in [0.1, 0.15) is 0 Å². The Morgan fingerprint density at radius 3 is 2.20 bits per heavy atom. The van der Waals surface area contributed by atoms with Gasteiger partial charge in [0, 0.05) is 36.7 Å². The van der Waals surface area contributed by atoms with Crippen molar-refractivity contribution in [3.63, 3.8) is 0 Å². The SMILES string of the molecule is C=C1C[C@H]2C=Nc3cc(OCCCCCOc4cc5c(cc4OC)C(=O)N4CC(=C)C[C@H]4[C@H](O)N5C(=O)OCCC[C@@H](C)SSC)c(OC)cc3C(=O)N2C1. The Morgan fingerprint density at radius 2 is 1.51 bits per heavy atom. The number of amides is 3. The highest BCUT2D eigenvalue weighted by atomic mass is 33.1. The smallest absolute Gasteiger partial charge is 0.416 e. The summed E-state index contributed by atoms with van der Waals surface area (Å²) in [4.78, 5) is 49.9. The van der Waals surface area contributed by atoms with Gasteiger partial charge < -0.3 is 38.6 Å². The number of hydrogen-bond acceptors (Lipinski definition) is 12. The third kappa shape index (κ3) is 8.89. The molecule has 2 aromatic carbocycles. The van der Waals surface area contributed by atoms with Gasteiger partial charge in [0.25, 0.3) is 11.8 Å². The van der Waals surface area contributed by atoms with E-state index in [2.05, 4.69) is 25.1 Å². The second-order valence-corrected chi connectivity index (χ2v) is 17.0. The molecule has 6 rings (SSSR count). The summed E-state index contributed by atoms with van der Waals surface area (Å²) in [6.07, 6.45) is 6.48. The zero-order chi connectivity index (χ0) is 39.2. The summed E-state index contributed by atoms with van der Waals surface area (Å²) in [6.45, 7) is 11.9. The van der Waals surface area contributed by atoms with Crippen LogP contribution in [0.4, 0.5) is 16.2 Å². The Hall–Kier alpha value is -4.34. The zero-order valence-corrected chi connectivity index (χ0v) is 33.5. The molecule has 1 N–H and O–H groups in total. The van der Waals surface area contributed by atoms with E-state index in [9.17, 15) is 19.5 Å². The van der Waals surface area contributed by atoms with Crippen LogP contribution in [0, 0.1) is 0 Å². The van der Waals surface area contributed by atoms with Gasteiger partial charge in [-0.3, -0.25) is 14.6 Å². The molecule has 4 aliphatic rings. The molecule has 0 saturated carbocycles. The molecular weight excluding hydrogens is 745 g/mol. The van der Waals surface area contributed by atoms with E-state index < -0.39 is 18.4 Å². The van der Waals surface area contributed by atoms with Crippen molar-refractivity contribution in [2.45, 2.75) is 75.4 Å². The molecule has 0 radical (unpaired) electrons. The molecule has 0 bridgehead atoms. The van der Waals surface area contributed by atoms with Crippen LogP contribution in [-0.4, -0.2) is 116 Å². The van der Waals surface area contributed by atoms with Crippen LogP contribution in [0.25, 0.3) is 0 Å². The third-order valence-corrected chi connectivity index (χ3v) is 12.4. The summed E-state index contributed by atoms with van der Waals surface area (Å²) in [5.41, 5.74) is 3.22. The summed E-state index contributed by atoms with van der Waals surface area (Å²) >= 11 is 0. The highest BCUT2D eigenvalue weighted by Crippen LogP contribution is 2.42. The first kappa shape index (κ1) is 40.3. The molecule has 55 heavy (non-hydrogen) atoms. The Kier molecular flexibility index (Phi) is 13.3. The molecule has 0 spiro atoms. The van der Waals surface area contributed by atoms with Crippen LogP contribution >= 0.6 is 21.6 Å². The van der Waals surface area contributed by atoms with Gasteiger partial charge in [0.05, 0.1) is 68.6 Å². The zero-order valence-electron chi connectivity index (χ0n) is 31.9. The second kappa shape index (κ2) is 18.1. The molecule has 0 aliphatic carbocycles. The number of rotatable bonds is 16. The van der Waals surface area contributed by atoms with E-state index in [1.165, 1.54) is 12.0 Å². The lowest BCUT2D eigenvalue weighted by Crippen LogP contribution is -2.51. The van der Waals surface area contributed by atoms with E-state index in [1.807, 2.05) is 6.26 Å². The Balaban J connectivity index is 1.08. The summed E-state index contributed by atoms with van der Waals surface area (Å²) in [7, 11) is 6.50. The lowest BCUT2D eigenvalue weighted by Gasteiger charge is -2.31. The number of carbonyl (C=O) groups excluding carboxylic acids is 3. The van der Waals surface area contributed by atoms with E-state index in [0.717, 1.165) is 24.0 Å². The van der Waals surface area contributed by atoms with E-state index in [-0.39, 0.29) is 42.3 Å². The van der Waals surface area contributed by atoms with Crippen LogP contribution in [0.1, 0.15) is 72.6 Å². The number of methoxy groups -OCH3 is 2. The van der Waals surface area contributed by atoms with Gasteiger partial charge in [-0.2, -0.15) is 0 Å². The number of fused-ring (bicyclic) bond motifs is 4. The number of aliphatic imine (C=N–C) groups is 1. The maximum absolute atomic E-state index is 13.9. The maximum atomic E-state index is 13.9.